The number of ether oxygens (including phenoxy) is 4. The van der Waals surface area contributed by atoms with Crippen molar-refractivity contribution in [2.75, 3.05) is 6.61 Å². The van der Waals surface area contributed by atoms with Crippen molar-refractivity contribution < 1.29 is 33.3 Å². The predicted molar refractivity (Wildman–Crippen MR) is 89.0 cm³/mol. The summed E-state index contributed by atoms with van der Waals surface area (Å²) in [5.74, 6) is -2.17. The van der Waals surface area contributed by atoms with Gasteiger partial charge in [-0.25, -0.2) is 4.79 Å². The lowest BCUT2D eigenvalue weighted by Crippen LogP contribution is -2.41. The fourth-order valence-electron chi connectivity index (χ4n) is 2.62. The number of rotatable bonds is 6. The molecule has 1 fully saturated rings. The molecule has 0 aliphatic carbocycles. The smallest absolute Gasteiger partial charge is 0.350 e. The number of azide groups is 1. The third kappa shape index (κ3) is 5.05. The van der Waals surface area contributed by atoms with Crippen LogP contribution in [0.25, 0.3) is 10.4 Å². The molecule has 4 atom stereocenters. The van der Waals surface area contributed by atoms with Crippen LogP contribution in [0.15, 0.2) is 22.2 Å². The van der Waals surface area contributed by atoms with Crippen LogP contribution in [0, 0.1) is 0 Å². The highest BCUT2D eigenvalue weighted by molar-refractivity contribution is 5.68. The highest BCUT2D eigenvalue weighted by Gasteiger charge is 2.50. The van der Waals surface area contributed by atoms with Gasteiger partial charge in [-0.1, -0.05) is 0 Å². The molecule has 0 amide bonds. The van der Waals surface area contributed by atoms with E-state index in [4.69, 9.17) is 24.5 Å². The highest BCUT2D eigenvalue weighted by atomic mass is 16.7. The Kier molecular flexibility index (Phi) is 6.69. The Morgan fingerprint density at radius 2 is 1.86 bits per heavy atom. The standard InChI is InChI=1S/C15H17N5O8/c1-7(21)25-6-10-12(26-8(2)22)13(27-9(3)23)14(28-10)20-5-4-11(18-19-16)17-15(20)24/h4-5,10,12-14H,6H2,1-3H3/t10-,12-,13+,14-/m1/s1. The van der Waals surface area contributed by atoms with Gasteiger partial charge in [-0.2, -0.15) is 4.98 Å². The minimum absolute atomic E-state index is 0.168. The first-order valence-electron chi connectivity index (χ1n) is 8.00. The van der Waals surface area contributed by atoms with E-state index in [1.165, 1.54) is 19.2 Å². The summed E-state index contributed by atoms with van der Waals surface area (Å²) in [4.78, 5) is 52.6. The molecule has 1 aromatic rings. The second kappa shape index (κ2) is 8.97. The molecule has 2 rings (SSSR count). The van der Waals surface area contributed by atoms with E-state index in [1.54, 1.807) is 0 Å². The molecule has 0 saturated carbocycles. The number of hydrogen-bond acceptors (Lipinski definition) is 10. The molecule has 0 aromatic carbocycles. The van der Waals surface area contributed by atoms with Crippen molar-refractivity contribution in [1.82, 2.24) is 9.55 Å². The summed E-state index contributed by atoms with van der Waals surface area (Å²) in [6, 6.07) is 1.25. The minimum Gasteiger partial charge on any atom is -0.463 e. The lowest BCUT2D eigenvalue weighted by Gasteiger charge is -2.23. The van der Waals surface area contributed by atoms with Crippen molar-refractivity contribution in [2.24, 2.45) is 5.11 Å². The Morgan fingerprint density at radius 1 is 1.21 bits per heavy atom. The van der Waals surface area contributed by atoms with Gasteiger partial charge in [-0.05, 0) is 16.7 Å². The zero-order chi connectivity index (χ0) is 20.8. The molecule has 0 bridgehead atoms. The molecule has 0 spiro atoms. The molecule has 150 valence electrons. The quantitative estimate of drug-likeness (QED) is 0.219. The van der Waals surface area contributed by atoms with Crippen molar-refractivity contribution >= 4 is 23.7 Å². The van der Waals surface area contributed by atoms with Crippen molar-refractivity contribution in [3.05, 3.63) is 33.2 Å². The number of hydrogen-bond donors (Lipinski definition) is 0. The number of nitrogens with zero attached hydrogens (tertiary/aromatic N) is 5. The molecule has 1 saturated heterocycles. The molecule has 0 N–H and O–H groups in total. The maximum atomic E-state index is 12.3. The first kappa shape index (κ1) is 20.9. The summed E-state index contributed by atoms with van der Waals surface area (Å²) >= 11 is 0. The van der Waals surface area contributed by atoms with Gasteiger partial charge in [-0.3, -0.25) is 19.0 Å². The van der Waals surface area contributed by atoms with E-state index in [-0.39, 0.29) is 12.4 Å². The fourth-order valence-corrected chi connectivity index (χ4v) is 2.62. The first-order chi connectivity index (χ1) is 13.2. The summed E-state index contributed by atoms with van der Waals surface area (Å²) in [6.07, 6.45) is -3.37. The second-order valence-corrected chi connectivity index (χ2v) is 5.68. The molecule has 2 heterocycles. The molecular weight excluding hydrogens is 378 g/mol. The third-order valence-corrected chi connectivity index (χ3v) is 3.58. The van der Waals surface area contributed by atoms with Crippen LogP contribution in [0.5, 0.6) is 0 Å². The molecular formula is C15H17N5O8. The van der Waals surface area contributed by atoms with Gasteiger partial charge in [0.2, 0.25) is 0 Å². The van der Waals surface area contributed by atoms with E-state index in [0.29, 0.717) is 0 Å². The van der Waals surface area contributed by atoms with E-state index in [9.17, 15) is 19.2 Å². The van der Waals surface area contributed by atoms with Crippen LogP contribution >= 0.6 is 0 Å². The maximum absolute atomic E-state index is 12.3. The van der Waals surface area contributed by atoms with Crippen molar-refractivity contribution in [3.63, 3.8) is 0 Å². The van der Waals surface area contributed by atoms with E-state index in [2.05, 4.69) is 15.0 Å². The highest BCUT2D eigenvalue weighted by Crippen LogP contribution is 2.33. The van der Waals surface area contributed by atoms with Gasteiger partial charge < -0.3 is 18.9 Å². The zero-order valence-corrected chi connectivity index (χ0v) is 15.2. The minimum atomic E-state index is -1.23. The summed E-state index contributed by atoms with van der Waals surface area (Å²) in [5.41, 5.74) is 7.57. The first-order valence-corrected chi connectivity index (χ1v) is 8.00. The fraction of sp³-hybridized carbons (Fsp3) is 0.533. The Labute approximate surface area is 157 Å². The summed E-state index contributed by atoms with van der Waals surface area (Å²) in [5, 5.41) is 3.22. The summed E-state index contributed by atoms with van der Waals surface area (Å²) in [6.45, 7) is 3.15. The van der Waals surface area contributed by atoms with Crippen molar-refractivity contribution in [3.8, 4) is 0 Å². The topological polar surface area (TPSA) is 172 Å². The molecule has 28 heavy (non-hydrogen) atoms. The second-order valence-electron chi connectivity index (χ2n) is 5.68. The van der Waals surface area contributed by atoms with E-state index >= 15 is 0 Å². The number of esters is 3. The van der Waals surface area contributed by atoms with Crippen LogP contribution in [-0.4, -0.2) is 52.4 Å². The monoisotopic (exact) mass is 395 g/mol. The van der Waals surface area contributed by atoms with E-state index < -0.39 is 48.1 Å². The van der Waals surface area contributed by atoms with Crippen LogP contribution in [0.3, 0.4) is 0 Å². The van der Waals surface area contributed by atoms with Gasteiger partial charge >= 0.3 is 23.6 Å². The predicted octanol–water partition coefficient (Wildman–Crippen LogP) is 0.509. The Balaban J connectivity index is 2.43. The Bertz CT molecular complexity index is 877. The maximum Gasteiger partial charge on any atom is 0.350 e. The van der Waals surface area contributed by atoms with E-state index in [1.807, 2.05) is 0 Å². The average Bonchev–Trinajstić information content (AvgIpc) is 2.90. The van der Waals surface area contributed by atoms with Crippen LogP contribution < -0.4 is 5.69 Å². The summed E-state index contributed by atoms with van der Waals surface area (Å²) < 4.78 is 22.0. The molecule has 13 nitrogen and oxygen atoms in total. The van der Waals surface area contributed by atoms with Gasteiger partial charge in [-0.15, -0.1) is 0 Å². The summed E-state index contributed by atoms with van der Waals surface area (Å²) in [7, 11) is 0. The number of aromatic nitrogens is 2. The Morgan fingerprint density at radius 3 is 2.39 bits per heavy atom. The van der Waals surface area contributed by atoms with Crippen LogP contribution in [-0.2, 0) is 33.3 Å². The molecule has 1 aromatic heterocycles. The van der Waals surface area contributed by atoms with Gasteiger partial charge in [0.05, 0.1) is 0 Å². The third-order valence-electron chi connectivity index (χ3n) is 3.58. The molecule has 0 unspecified atom stereocenters. The molecule has 1 aliphatic heterocycles. The van der Waals surface area contributed by atoms with Crippen LogP contribution in [0.2, 0.25) is 0 Å². The number of carbonyl (C=O) groups excluding carboxylic acids is 3. The SMILES string of the molecule is CC(=O)OC[C@H]1O[C@@H](n2ccc(N=[N+]=[N-])nc2=O)[C@@H](OC(C)=O)[C@@H]1OC(C)=O. The lowest BCUT2D eigenvalue weighted by atomic mass is 10.1. The number of carbonyl (C=O) groups is 3. The average molecular weight is 395 g/mol. The molecule has 1 aliphatic rings. The van der Waals surface area contributed by atoms with Crippen molar-refractivity contribution in [1.29, 1.82) is 0 Å². The van der Waals surface area contributed by atoms with E-state index in [0.717, 1.165) is 18.4 Å². The largest absolute Gasteiger partial charge is 0.463 e. The van der Waals surface area contributed by atoms with Crippen LogP contribution in [0.4, 0.5) is 5.82 Å². The normalized spacial score (nSPS) is 23.4. The van der Waals surface area contributed by atoms with Gasteiger partial charge in [0.1, 0.15) is 18.5 Å². The molecule has 13 heteroatoms. The lowest BCUT2D eigenvalue weighted by molar-refractivity contribution is -0.166. The van der Waals surface area contributed by atoms with Crippen molar-refractivity contribution in [2.45, 2.75) is 45.3 Å². The van der Waals surface area contributed by atoms with Gasteiger partial charge in [0.25, 0.3) is 0 Å². The van der Waals surface area contributed by atoms with Gasteiger partial charge in [0, 0.05) is 31.9 Å². The zero-order valence-electron chi connectivity index (χ0n) is 15.2. The van der Waals surface area contributed by atoms with Crippen LogP contribution in [0.1, 0.15) is 27.0 Å². The van der Waals surface area contributed by atoms with Gasteiger partial charge in [0.15, 0.2) is 18.4 Å². The Hall–Kier alpha value is -3.44. The molecule has 0 radical (unpaired) electrons.